The fraction of sp³-hybridized carbons (Fsp3) is 0.207. The van der Waals surface area contributed by atoms with Crippen LogP contribution >= 0.6 is 0 Å². The molecule has 3 aromatic carbocycles. The van der Waals surface area contributed by atoms with Gasteiger partial charge in [-0.2, -0.15) is 0 Å². The Hall–Kier alpha value is -4.57. The maximum absolute atomic E-state index is 15.4. The molecule has 0 spiro atoms. The first kappa shape index (κ1) is 26.1. The summed E-state index contributed by atoms with van der Waals surface area (Å²) in [6.07, 6.45) is 1.19. The van der Waals surface area contributed by atoms with Crippen molar-refractivity contribution in [3.63, 3.8) is 0 Å². The molecule has 1 fully saturated rings. The summed E-state index contributed by atoms with van der Waals surface area (Å²) in [5, 5.41) is 13.7. The summed E-state index contributed by atoms with van der Waals surface area (Å²) in [7, 11) is 1.51. The molecule has 0 unspecified atom stereocenters. The maximum Gasteiger partial charge on any atom is 0.341 e. The zero-order valence-electron chi connectivity index (χ0n) is 21.2. The van der Waals surface area contributed by atoms with E-state index in [1.54, 1.807) is 6.07 Å². The van der Waals surface area contributed by atoms with Gasteiger partial charge < -0.3 is 19.4 Å². The van der Waals surface area contributed by atoms with Crippen molar-refractivity contribution in [1.29, 1.82) is 0 Å². The number of pyridine rings is 1. The van der Waals surface area contributed by atoms with E-state index in [1.165, 1.54) is 42.1 Å². The Balaban J connectivity index is 1.45. The quantitative estimate of drug-likeness (QED) is 0.284. The zero-order valence-corrected chi connectivity index (χ0v) is 21.2. The lowest BCUT2D eigenvalue weighted by molar-refractivity contribution is 0.0695. The van der Waals surface area contributed by atoms with E-state index in [1.807, 2.05) is 35.2 Å². The lowest BCUT2D eigenvalue weighted by Gasteiger charge is -2.36. The van der Waals surface area contributed by atoms with Gasteiger partial charge in [0.1, 0.15) is 30.0 Å². The summed E-state index contributed by atoms with van der Waals surface area (Å²) in [6, 6.07) is 17.8. The van der Waals surface area contributed by atoms with Crippen LogP contribution in [0.25, 0.3) is 16.6 Å². The van der Waals surface area contributed by atoms with Crippen LogP contribution in [0.5, 0.6) is 0 Å². The van der Waals surface area contributed by atoms with Gasteiger partial charge in [-0.25, -0.2) is 13.6 Å². The van der Waals surface area contributed by atoms with Crippen molar-refractivity contribution in [3.05, 3.63) is 106 Å². The van der Waals surface area contributed by atoms with Crippen LogP contribution in [-0.4, -0.2) is 66.1 Å². The van der Waals surface area contributed by atoms with E-state index in [2.05, 4.69) is 10.1 Å². The number of rotatable bonds is 7. The van der Waals surface area contributed by atoms with Gasteiger partial charge in [-0.15, -0.1) is 0 Å². The molecule has 0 bridgehead atoms. The Bertz CT molecular complexity index is 1600. The predicted octanol–water partition coefficient (Wildman–Crippen LogP) is 4.14. The molecule has 0 saturated carbocycles. The number of halogens is 2. The van der Waals surface area contributed by atoms with Crippen molar-refractivity contribution in [2.24, 2.45) is 5.16 Å². The predicted molar refractivity (Wildman–Crippen MR) is 145 cm³/mol. The van der Waals surface area contributed by atoms with E-state index in [4.69, 9.17) is 4.84 Å². The number of aromatic carboxylic acids is 1. The summed E-state index contributed by atoms with van der Waals surface area (Å²) in [5.74, 6) is -2.50. The van der Waals surface area contributed by atoms with Crippen molar-refractivity contribution < 1.29 is 23.5 Å². The van der Waals surface area contributed by atoms with Crippen molar-refractivity contribution in [2.45, 2.75) is 0 Å². The highest BCUT2D eigenvalue weighted by Gasteiger charge is 2.24. The lowest BCUT2D eigenvalue weighted by Crippen LogP contribution is -2.48. The van der Waals surface area contributed by atoms with E-state index in [0.717, 1.165) is 17.3 Å². The average Bonchev–Trinajstić information content (AvgIpc) is 2.94. The molecule has 5 rings (SSSR count). The highest BCUT2D eigenvalue weighted by molar-refractivity contribution is 6.01. The number of carboxylic acid groups (broad SMARTS) is 1. The van der Waals surface area contributed by atoms with Crippen molar-refractivity contribution in [1.82, 2.24) is 9.47 Å². The third kappa shape index (κ3) is 5.37. The van der Waals surface area contributed by atoms with Crippen LogP contribution in [0.1, 0.15) is 15.9 Å². The normalized spacial score (nSPS) is 14.5. The minimum absolute atomic E-state index is 0.0672. The van der Waals surface area contributed by atoms with E-state index >= 15 is 4.39 Å². The number of piperazine rings is 1. The molecule has 1 aliphatic rings. The van der Waals surface area contributed by atoms with Gasteiger partial charge in [-0.1, -0.05) is 35.5 Å². The summed E-state index contributed by atoms with van der Waals surface area (Å²) in [6.45, 7) is 2.87. The molecule has 8 nitrogen and oxygen atoms in total. The Morgan fingerprint density at radius 3 is 2.33 bits per heavy atom. The minimum atomic E-state index is -1.43. The number of carboxylic acids is 1. The standard InChI is InChI=1S/C29H26F2N4O4/c1-39-32-25(19-5-3-2-4-6-19)18-33-11-13-34(14-12-33)27-16-26-22(15-24(27)31)28(36)23(29(37)38)17-35(26)21-9-7-20(30)8-10-21/h2-10,15-17H,11-14,18H2,1H3,(H,37,38). The van der Waals surface area contributed by atoms with Gasteiger partial charge in [-0.3, -0.25) is 9.69 Å². The first-order valence-electron chi connectivity index (χ1n) is 12.4. The largest absolute Gasteiger partial charge is 0.477 e. The molecule has 4 aromatic rings. The highest BCUT2D eigenvalue weighted by atomic mass is 19.1. The first-order chi connectivity index (χ1) is 18.9. The van der Waals surface area contributed by atoms with Crippen LogP contribution in [0.3, 0.4) is 0 Å². The molecule has 1 saturated heterocycles. The molecule has 200 valence electrons. The highest BCUT2D eigenvalue weighted by Crippen LogP contribution is 2.28. The summed E-state index contributed by atoms with van der Waals surface area (Å²) in [4.78, 5) is 33.8. The number of hydrogen-bond donors (Lipinski definition) is 1. The smallest absolute Gasteiger partial charge is 0.341 e. The molecule has 0 radical (unpaired) electrons. The summed E-state index contributed by atoms with van der Waals surface area (Å²) in [5.41, 5.74) is 1.54. The molecule has 0 atom stereocenters. The molecular formula is C29H26F2N4O4. The molecule has 0 amide bonds. The number of benzene rings is 3. The van der Waals surface area contributed by atoms with Gasteiger partial charge in [0, 0.05) is 55.6 Å². The zero-order chi connectivity index (χ0) is 27.5. The average molecular weight is 533 g/mol. The van der Waals surface area contributed by atoms with Crippen LogP contribution < -0.4 is 10.3 Å². The minimum Gasteiger partial charge on any atom is -0.477 e. The van der Waals surface area contributed by atoms with Crippen LogP contribution in [0.2, 0.25) is 0 Å². The molecule has 0 aliphatic carbocycles. The number of oxime groups is 1. The third-order valence-corrected chi connectivity index (χ3v) is 6.80. The number of nitrogens with zero attached hydrogens (tertiary/aromatic N) is 4. The van der Waals surface area contributed by atoms with Gasteiger partial charge in [-0.05, 0) is 36.4 Å². The number of fused-ring (bicyclic) bond motifs is 1. The Labute approximate surface area is 223 Å². The Morgan fingerprint density at radius 2 is 1.69 bits per heavy atom. The number of aromatic nitrogens is 1. The van der Waals surface area contributed by atoms with Crippen LogP contribution in [0.15, 0.2) is 82.9 Å². The van der Waals surface area contributed by atoms with Crippen molar-refractivity contribution in [2.75, 3.05) is 44.7 Å². The monoisotopic (exact) mass is 532 g/mol. The van der Waals surface area contributed by atoms with Crippen LogP contribution in [-0.2, 0) is 4.84 Å². The second-order valence-electron chi connectivity index (χ2n) is 9.19. The lowest BCUT2D eigenvalue weighted by atomic mass is 10.1. The fourth-order valence-electron chi connectivity index (χ4n) is 4.82. The fourth-order valence-corrected chi connectivity index (χ4v) is 4.82. The number of anilines is 1. The Morgan fingerprint density at radius 1 is 1.00 bits per heavy atom. The van der Waals surface area contributed by atoms with Crippen LogP contribution in [0, 0.1) is 11.6 Å². The molecule has 39 heavy (non-hydrogen) atoms. The van der Waals surface area contributed by atoms with Gasteiger partial charge in [0.15, 0.2) is 0 Å². The number of carbonyl (C=O) groups is 1. The summed E-state index contributed by atoms with van der Waals surface area (Å²) < 4.78 is 30.4. The Kier molecular flexibility index (Phi) is 7.38. The van der Waals surface area contributed by atoms with Gasteiger partial charge in [0.05, 0.1) is 11.2 Å². The topological polar surface area (TPSA) is 87.4 Å². The molecule has 1 aromatic heterocycles. The maximum atomic E-state index is 15.4. The first-order valence-corrected chi connectivity index (χ1v) is 12.4. The van der Waals surface area contributed by atoms with Crippen molar-refractivity contribution in [3.8, 4) is 5.69 Å². The van der Waals surface area contributed by atoms with Gasteiger partial charge in [0.25, 0.3) is 0 Å². The van der Waals surface area contributed by atoms with Crippen molar-refractivity contribution >= 4 is 28.3 Å². The third-order valence-electron chi connectivity index (χ3n) is 6.80. The van der Waals surface area contributed by atoms with E-state index < -0.39 is 28.6 Å². The molecule has 1 aliphatic heterocycles. The molecular weight excluding hydrogens is 506 g/mol. The van der Waals surface area contributed by atoms with Crippen LogP contribution in [0.4, 0.5) is 14.5 Å². The van der Waals surface area contributed by atoms with E-state index in [0.29, 0.717) is 49.6 Å². The van der Waals surface area contributed by atoms with Gasteiger partial charge >= 0.3 is 5.97 Å². The molecule has 2 heterocycles. The second kappa shape index (κ2) is 11.0. The second-order valence-corrected chi connectivity index (χ2v) is 9.19. The molecule has 1 N–H and O–H groups in total. The van der Waals surface area contributed by atoms with E-state index in [9.17, 15) is 19.1 Å². The van der Waals surface area contributed by atoms with E-state index in [-0.39, 0.29) is 5.39 Å². The number of hydrogen-bond acceptors (Lipinski definition) is 6. The molecule has 10 heteroatoms. The van der Waals surface area contributed by atoms with Gasteiger partial charge in [0.2, 0.25) is 5.43 Å². The summed E-state index contributed by atoms with van der Waals surface area (Å²) >= 11 is 0. The SMILES string of the molecule is CON=C(CN1CCN(c2cc3c(cc2F)c(=O)c(C(=O)O)cn3-c2ccc(F)cc2)CC1)c1ccccc1.